The Morgan fingerprint density at radius 1 is 1.33 bits per heavy atom. The fourth-order valence-corrected chi connectivity index (χ4v) is 3.35. The lowest BCUT2D eigenvalue weighted by atomic mass is 9.87. The van der Waals surface area contributed by atoms with Crippen LogP contribution < -0.4 is 4.74 Å². The number of carbonyl (C=O) groups is 1. The molecule has 1 aromatic carbocycles. The van der Waals surface area contributed by atoms with E-state index in [1.54, 1.807) is 23.3 Å². The van der Waals surface area contributed by atoms with E-state index < -0.39 is 11.5 Å². The van der Waals surface area contributed by atoms with Crippen LogP contribution in [0.15, 0.2) is 43.0 Å². The Morgan fingerprint density at radius 3 is 2.71 bits per heavy atom. The summed E-state index contributed by atoms with van der Waals surface area (Å²) in [6.07, 6.45) is 6.11. The van der Waals surface area contributed by atoms with Crippen LogP contribution in [0, 0.1) is 0 Å². The lowest BCUT2D eigenvalue weighted by Gasteiger charge is -2.39. The molecule has 1 N–H and O–H groups in total. The maximum atomic E-state index is 11.9. The Kier molecular flexibility index (Phi) is 4.85. The molecule has 2 heterocycles. The number of carboxylic acid groups (broad SMARTS) is 1. The number of rotatable bonds is 6. The molecule has 6 heteroatoms. The standard InChI is InChI=1S/C18H23N3O3/c1-2-24-16-6-4-3-5-15(16)13-20-10-7-18(8-11-20,17(22)23)21-12-9-19-14-21/h3-6,9,12,14H,2,7-8,10-11,13H2,1H3,(H,22,23). The zero-order valence-electron chi connectivity index (χ0n) is 13.9. The van der Waals surface area contributed by atoms with Crippen molar-refractivity contribution in [3.8, 4) is 5.75 Å². The number of piperidine rings is 1. The van der Waals surface area contributed by atoms with Gasteiger partial charge in [-0.1, -0.05) is 18.2 Å². The van der Waals surface area contributed by atoms with E-state index in [0.29, 0.717) is 19.4 Å². The summed E-state index contributed by atoms with van der Waals surface area (Å²) in [6.45, 7) is 4.84. The second kappa shape index (κ2) is 7.05. The number of hydrogen-bond acceptors (Lipinski definition) is 4. The molecule has 1 saturated heterocycles. The molecule has 2 aromatic rings. The average Bonchev–Trinajstić information content (AvgIpc) is 3.12. The van der Waals surface area contributed by atoms with Crippen LogP contribution >= 0.6 is 0 Å². The minimum absolute atomic E-state index is 0.565. The summed E-state index contributed by atoms with van der Waals surface area (Å²) in [5.74, 6) is 0.125. The molecule has 3 rings (SSSR count). The van der Waals surface area contributed by atoms with Crippen molar-refractivity contribution in [1.82, 2.24) is 14.5 Å². The number of hydrogen-bond donors (Lipinski definition) is 1. The highest BCUT2D eigenvalue weighted by Gasteiger charge is 2.43. The van der Waals surface area contributed by atoms with Gasteiger partial charge in [-0.05, 0) is 25.8 Å². The number of aliphatic carboxylic acids is 1. The van der Waals surface area contributed by atoms with E-state index in [0.717, 1.165) is 30.9 Å². The van der Waals surface area contributed by atoms with Crippen LogP contribution in [0.1, 0.15) is 25.3 Å². The molecule has 0 spiro atoms. The van der Waals surface area contributed by atoms with Crippen molar-refractivity contribution in [2.45, 2.75) is 31.8 Å². The van der Waals surface area contributed by atoms with E-state index in [9.17, 15) is 9.90 Å². The van der Waals surface area contributed by atoms with Crippen LogP contribution in [0.5, 0.6) is 5.75 Å². The van der Waals surface area contributed by atoms with Crippen molar-refractivity contribution in [2.24, 2.45) is 0 Å². The predicted octanol–water partition coefficient (Wildman–Crippen LogP) is 2.36. The summed E-state index contributed by atoms with van der Waals surface area (Å²) < 4.78 is 7.42. The molecule has 0 radical (unpaired) electrons. The number of nitrogens with zero attached hydrogens (tertiary/aromatic N) is 3. The molecular formula is C18H23N3O3. The molecule has 1 aliphatic rings. The molecule has 0 amide bonds. The van der Waals surface area contributed by atoms with Gasteiger partial charge in [0.2, 0.25) is 0 Å². The highest BCUT2D eigenvalue weighted by Crippen LogP contribution is 2.32. The van der Waals surface area contributed by atoms with Gasteiger partial charge in [0.05, 0.1) is 12.9 Å². The summed E-state index contributed by atoms with van der Waals surface area (Å²) in [6, 6.07) is 8.03. The fraction of sp³-hybridized carbons (Fsp3) is 0.444. The van der Waals surface area contributed by atoms with E-state index in [1.807, 2.05) is 25.1 Å². The Bertz CT molecular complexity index is 677. The van der Waals surface area contributed by atoms with Crippen molar-refractivity contribution in [2.75, 3.05) is 19.7 Å². The minimum atomic E-state index is -0.883. The number of aromatic nitrogens is 2. The molecule has 6 nitrogen and oxygen atoms in total. The summed E-state index contributed by atoms with van der Waals surface area (Å²) in [7, 11) is 0. The van der Waals surface area contributed by atoms with Crippen molar-refractivity contribution >= 4 is 5.97 Å². The van der Waals surface area contributed by atoms with Crippen LogP contribution in [0.25, 0.3) is 0 Å². The third kappa shape index (κ3) is 3.14. The third-order valence-electron chi connectivity index (χ3n) is 4.75. The van der Waals surface area contributed by atoms with E-state index in [1.165, 1.54) is 0 Å². The second-order valence-corrected chi connectivity index (χ2v) is 6.12. The van der Waals surface area contributed by atoms with Crippen LogP contribution in [0.3, 0.4) is 0 Å². The molecule has 0 atom stereocenters. The van der Waals surface area contributed by atoms with E-state index in [4.69, 9.17) is 4.74 Å². The first-order valence-corrected chi connectivity index (χ1v) is 8.30. The Morgan fingerprint density at radius 2 is 2.08 bits per heavy atom. The normalized spacial score (nSPS) is 17.5. The van der Waals surface area contributed by atoms with Gasteiger partial charge < -0.3 is 14.4 Å². The number of benzene rings is 1. The van der Waals surface area contributed by atoms with Gasteiger partial charge in [-0.2, -0.15) is 0 Å². The molecule has 0 aliphatic carbocycles. The Hall–Kier alpha value is -2.34. The first-order valence-electron chi connectivity index (χ1n) is 8.30. The molecule has 1 aromatic heterocycles. The first kappa shape index (κ1) is 16.5. The Balaban J connectivity index is 1.70. The molecule has 24 heavy (non-hydrogen) atoms. The summed E-state index contributed by atoms with van der Waals surface area (Å²) in [4.78, 5) is 18.2. The van der Waals surface area contributed by atoms with Crippen LogP contribution in [0.2, 0.25) is 0 Å². The number of ether oxygens (including phenoxy) is 1. The van der Waals surface area contributed by atoms with Gasteiger partial charge in [0.1, 0.15) is 11.3 Å². The van der Waals surface area contributed by atoms with Crippen molar-refractivity contribution < 1.29 is 14.6 Å². The first-order chi connectivity index (χ1) is 11.7. The van der Waals surface area contributed by atoms with Crippen LogP contribution in [-0.4, -0.2) is 45.2 Å². The summed E-state index contributed by atoms with van der Waals surface area (Å²) >= 11 is 0. The lowest BCUT2D eigenvalue weighted by molar-refractivity contribution is -0.150. The van der Waals surface area contributed by atoms with Gasteiger partial charge in [0.25, 0.3) is 0 Å². The predicted molar refractivity (Wildman–Crippen MR) is 90.0 cm³/mol. The number of imidazole rings is 1. The molecule has 0 unspecified atom stereocenters. The molecule has 0 bridgehead atoms. The topological polar surface area (TPSA) is 67.6 Å². The Labute approximate surface area is 141 Å². The van der Waals surface area contributed by atoms with Gasteiger partial charge in [-0.3, -0.25) is 4.90 Å². The van der Waals surface area contributed by atoms with E-state index in [2.05, 4.69) is 16.0 Å². The highest BCUT2D eigenvalue weighted by atomic mass is 16.5. The third-order valence-corrected chi connectivity index (χ3v) is 4.75. The summed E-state index contributed by atoms with van der Waals surface area (Å²) in [5, 5.41) is 9.76. The average molecular weight is 329 g/mol. The zero-order chi connectivity index (χ0) is 17.0. The smallest absolute Gasteiger partial charge is 0.330 e. The van der Waals surface area contributed by atoms with Crippen LogP contribution in [0.4, 0.5) is 0 Å². The molecule has 1 fully saturated rings. The molecule has 0 saturated carbocycles. The zero-order valence-corrected chi connectivity index (χ0v) is 13.9. The maximum absolute atomic E-state index is 11.9. The van der Waals surface area contributed by atoms with Crippen molar-refractivity contribution in [3.05, 3.63) is 48.5 Å². The monoisotopic (exact) mass is 329 g/mol. The van der Waals surface area contributed by atoms with Crippen LogP contribution in [-0.2, 0) is 16.9 Å². The highest BCUT2D eigenvalue weighted by molar-refractivity contribution is 5.77. The number of para-hydroxylation sites is 1. The quantitative estimate of drug-likeness (QED) is 0.881. The maximum Gasteiger partial charge on any atom is 0.330 e. The summed E-state index contributed by atoms with van der Waals surface area (Å²) in [5.41, 5.74) is 0.261. The fourth-order valence-electron chi connectivity index (χ4n) is 3.35. The van der Waals surface area contributed by atoms with E-state index in [-0.39, 0.29) is 0 Å². The SMILES string of the molecule is CCOc1ccccc1CN1CCC(C(=O)O)(n2ccnc2)CC1. The second-order valence-electron chi connectivity index (χ2n) is 6.12. The molecular weight excluding hydrogens is 306 g/mol. The van der Waals surface area contributed by atoms with Gasteiger partial charge in [0.15, 0.2) is 0 Å². The number of carboxylic acids is 1. The van der Waals surface area contributed by atoms with Gasteiger partial charge in [0, 0.05) is 37.6 Å². The molecule has 128 valence electrons. The van der Waals surface area contributed by atoms with Gasteiger partial charge >= 0.3 is 5.97 Å². The molecule has 1 aliphatic heterocycles. The lowest BCUT2D eigenvalue weighted by Crippen LogP contribution is -2.50. The van der Waals surface area contributed by atoms with E-state index >= 15 is 0 Å². The van der Waals surface area contributed by atoms with Gasteiger partial charge in [-0.25, -0.2) is 9.78 Å². The van der Waals surface area contributed by atoms with Crippen molar-refractivity contribution in [3.63, 3.8) is 0 Å². The van der Waals surface area contributed by atoms with Gasteiger partial charge in [-0.15, -0.1) is 0 Å². The largest absolute Gasteiger partial charge is 0.494 e. The van der Waals surface area contributed by atoms with Crippen molar-refractivity contribution in [1.29, 1.82) is 0 Å². The number of likely N-dealkylation sites (tertiary alicyclic amines) is 1. The minimum Gasteiger partial charge on any atom is -0.494 e.